The number of nitrogens with one attached hydrogen (secondary N) is 1. The lowest BCUT2D eigenvalue weighted by Gasteiger charge is -2.35. The van der Waals surface area contributed by atoms with E-state index in [9.17, 15) is 0 Å². The zero-order valence-corrected chi connectivity index (χ0v) is 13.8. The van der Waals surface area contributed by atoms with Crippen molar-refractivity contribution < 1.29 is 0 Å². The number of thiophene rings is 1. The minimum Gasteiger partial charge on any atom is -0.357 e. The predicted molar refractivity (Wildman–Crippen MR) is 90.6 cm³/mol. The van der Waals surface area contributed by atoms with E-state index in [4.69, 9.17) is 4.98 Å². The Kier molecular flexibility index (Phi) is 4.26. The zero-order valence-electron chi connectivity index (χ0n) is 13.0. The van der Waals surface area contributed by atoms with E-state index < -0.39 is 0 Å². The molecule has 1 saturated heterocycles. The molecule has 2 aromatic heterocycles. The number of aryl methyl sites for hydroxylation is 1. The number of hydrogen-bond donors (Lipinski definition) is 1. The van der Waals surface area contributed by atoms with Crippen molar-refractivity contribution in [2.45, 2.75) is 20.3 Å². The summed E-state index contributed by atoms with van der Waals surface area (Å²) in [6, 6.07) is 2.22. The molecule has 6 heteroatoms. The van der Waals surface area contributed by atoms with Gasteiger partial charge in [-0.3, -0.25) is 4.90 Å². The molecule has 0 saturated carbocycles. The summed E-state index contributed by atoms with van der Waals surface area (Å²) in [4.78, 5) is 16.6. The summed E-state index contributed by atoms with van der Waals surface area (Å²) >= 11 is 1.74. The molecule has 1 aliphatic rings. The highest BCUT2D eigenvalue weighted by Crippen LogP contribution is 2.32. The second-order valence-corrected chi connectivity index (χ2v) is 6.76. The molecular formula is C15H23N5S. The van der Waals surface area contributed by atoms with Crippen molar-refractivity contribution in [3.63, 3.8) is 0 Å². The fourth-order valence-corrected chi connectivity index (χ4v) is 3.75. The zero-order chi connectivity index (χ0) is 14.8. The van der Waals surface area contributed by atoms with Crippen LogP contribution in [0.5, 0.6) is 0 Å². The molecule has 3 heterocycles. The molecular weight excluding hydrogens is 282 g/mol. The van der Waals surface area contributed by atoms with Crippen LogP contribution in [-0.2, 0) is 0 Å². The Morgan fingerprint density at radius 3 is 2.67 bits per heavy atom. The highest BCUT2D eigenvalue weighted by molar-refractivity contribution is 7.18. The van der Waals surface area contributed by atoms with Crippen molar-refractivity contribution in [1.29, 1.82) is 0 Å². The third-order valence-electron chi connectivity index (χ3n) is 3.93. The van der Waals surface area contributed by atoms with Crippen LogP contribution in [-0.4, -0.2) is 54.6 Å². The van der Waals surface area contributed by atoms with E-state index in [0.717, 1.165) is 42.8 Å². The highest BCUT2D eigenvalue weighted by atomic mass is 32.1. The summed E-state index contributed by atoms with van der Waals surface area (Å²) in [5.74, 6) is 1.81. The Bertz CT molecular complexity index is 616. The van der Waals surface area contributed by atoms with Gasteiger partial charge in [-0.2, -0.15) is 4.98 Å². The van der Waals surface area contributed by atoms with E-state index in [1.54, 1.807) is 11.3 Å². The lowest BCUT2D eigenvalue weighted by Crippen LogP contribution is -2.46. The number of piperazine rings is 1. The van der Waals surface area contributed by atoms with Gasteiger partial charge >= 0.3 is 0 Å². The largest absolute Gasteiger partial charge is 0.357 e. The number of anilines is 2. The third-order valence-corrected chi connectivity index (χ3v) is 4.88. The average molecular weight is 305 g/mol. The molecule has 1 fully saturated rings. The Balaban J connectivity index is 1.89. The monoisotopic (exact) mass is 305 g/mol. The predicted octanol–water partition coefficient (Wildman–Crippen LogP) is 2.57. The van der Waals surface area contributed by atoms with Crippen molar-refractivity contribution in [3.05, 3.63) is 10.9 Å². The summed E-state index contributed by atoms with van der Waals surface area (Å²) in [6.07, 6.45) is 1.23. The van der Waals surface area contributed by atoms with Crippen LogP contribution in [0.25, 0.3) is 10.2 Å². The molecule has 2 aromatic rings. The van der Waals surface area contributed by atoms with E-state index in [0.29, 0.717) is 0 Å². The fourth-order valence-electron chi connectivity index (χ4n) is 2.88. The topological polar surface area (TPSA) is 44.3 Å². The summed E-state index contributed by atoms with van der Waals surface area (Å²) in [6.45, 7) is 9.91. The van der Waals surface area contributed by atoms with Crippen molar-refractivity contribution in [1.82, 2.24) is 14.9 Å². The minimum absolute atomic E-state index is 0.718. The minimum atomic E-state index is 0.718. The maximum atomic E-state index is 4.72. The van der Waals surface area contributed by atoms with E-state index in [1.165, 1.54) is 23.2 Å². The summed E-state index contributed by atoms with van der Waals surface area (Å²) in [7, 11) is 1.88. The Morgan fingerprint density at radius 2 is 2.00 bits per heavy atom. The van der Waals surface area contributed by atoms with Gasteiger partial charge in [0, 0.05) is 38.1 Å². The first-order valence-electron chi connectivity index (χ1n) is 7.64. The molecule has 114 valence electrons. The Labute approximate surface area is 130 Å². The number of aromatic nitrogens is 2. The first kappa shape index (κ1) is 14.5. The van der Waals surface area contributed by atoms with Gasteiger partial charge in [0.1, 0.15) is 10.6 Å². The number of hydrogen-bond acceptors (Lipinski definition) is 6. The van der Waals surface area contributed by atoms with Crippen LogP contribution < -0.4 is 10.2 Å². The highest BCUT2D eigenvalue weighted by Gasteiger charge is 2.21. The first-order valence-corrected chi connectivity index (χ1v) is 8.46. The van der Waals surface area contributed by atoms with Gasteiger partial charge in [0.15, 0.2) is 0 Å². The summed E-state index contributed by atoms with van der Waals surface area (Å²) in [5, 5.41) is 4.28. The van der Waals surface area contributed by atoms with Crippen LogP contribution in [0.3, 0.4) is 0 Å². The second-order valence-electron chi connectivity index (χ2n) is 5.53. The molecule has 0 spiro atoms. The van der Waals surface area contributed by atoms with Gasteiger partial charge in [0.25, 0.3) is 0 Å². The first-order chi connectivity index (χ1) is 10.2. The molecule has 1 N–H and O–H groups in total. The van der Waals surface area contributed by atoms with E-state index in [1.807, 2.05) is 7.05 Å². The number of nitrogens with zero attached hydrogens (tertiary/aromatic N) is 4. The number of rotatable bonds is 4. The second kappa shape index (κ2) is 6.15. The van der Waals surface area contributed by atoms with Crippen LogP contribution in [0.2, 0.25) is 0 Å². The van der Waals surface area contributed by atoms with Crippen LogP contribution in [0.15, 0.2) is 6.07 Å². The molecule has 5 nitrogen and oxygen atoms in total. The van der Waals surface area contributed by atoms with E-state index >= 15 is 0 Å². The molecule has 0 unspecified atom stereocenters. The van der Waals surface area contributed by atoms with Gasteiger partial charge in [-0.1, -0.05) is 6.92 Å². The van der Waals surface area contributed by atoms with Crippen molar-refractivity contribution >= 4 is 33.3 Å². The Morgan fingerprint density at radius 1 is 1.24 bits per heavy atom. The van der Waals surface area contributed by atoms with Crippen molar-refractivity contribution in [2.24, 2.45) is 0 Å². The van der Waals surface area contributed by atoms with Crippen LogP contribution in [0, 0.1) is 6.92 Å². The maximum Gasteiger partial charge on any atom is 0.225 e. The maximum absolute atomic E-state index is 4.72. The van der Waals surface area contributed by atoms with Crippen molar-refractivity contribution in [2.75, 3.05) is 50.0 Å². The van der Waals surface area contributed by atoms with E-state index in [2.05, 4.69) is 40.0 Å². The van der Waals surface area contributed by atoms with Crippen molar-refractivity contribution in [3.8, 4) is 0 Å². The van der Waals surface area contributed by atoms with Gasteiger partial charge < -0.3 is 10.2 Å². The molecule has 21 heavy (non-hydrogen) atoms. The summed E-state index contributed by atoms with van der Waals surface area (Å²) < 4.78 is 0. The Hall–Kier alpha value is -1.40. The molecule has 0 aliphatic carbocycles. The van der Waals surface area contributed by atoms with Crippen LogP contribution in [0.1, 0.15) is 18.2 Å². The number of fused-ring (bicyclic) bond motifs is 1. The molecule has 0 atom stereocenters. The lowest BCUT2D eigenvalue weighted by atomic mass is 10.2. The molecule has 3 rings (SSSR count). The molecule has 0 bridgehead atoms. The van der Waals surface area contributed by atoms with E-state index in [-0.39, 0.29) is 0 Å². The molecule has 0 aromatic carbocycles. The smallest absolute Gasteiger partial charge is 0.225 e. The van der Waals surface area contributed by atoms with Gasteiger partial charge in [0.2, 0.25) is 5.95 Å². The lowest BCUT2D eigenvalue weighted by molar-refractivity contribution is 0.258. The third kappa shape index (κ3) is 2.96. The van der Waals surface area contributed by atoms with Gasteiger partial charge in [-0.05, 0) is 26.0 Å². The summed E-state index contributed by atoms with van der Waals surface area (Å²) in [5.41, 5.74) is 0. The van der Waals surface area contributed by atoms with Gasteiger partial charge in [0.05, 0.1) is 5.39 Å². The van der Waals surface area contributed by atoms with Crippen LogP contribution >= 0.6 is 11.3 Å². The SMILES string of the molecule is CCCN1CCN(c2nc(NC)nc3sc(C)cc23)CC1. The molecule has 0 amide bonds. The van der Waals surface area contributed by atoms with Gasteiger partial charge in [-0.15, -0.1) is 11.3 Å². The average Bonchev–Trinajstić information content (AvgIpc) is 2.87. The quantitative estimate of drug-likeness (QED) is 0.940. The molecule has 0 radical (unpaired) electrons. The normalized spacial score (nSPS) is 16.6. The van der Waals surface area contributed by atoms with Gasteiger partial charge in [-0.25, -0.2) is 4.98 Å². The molecule has 1 aliphatic heterocycles. The standard InChI is InChI=1S/C15H23N5S/c1-4-5-19-6-8-20(9-7-19)13-12-10-11(2)21-14(12)18-15(16-3)17-13/h10H,4-9H2,1-3H3,(H,16,17,18). The fraction of sp³-hybridized carbons (Fsp3) is 0.600. The van der Waals surface area contributed by atoms with Crippen LogP contribution in [0.4, 0.5) is 11.8 Å².